The van der Waals surface area contributed by atoms with E-state index in [1.54, 1.807) is 13.8 Å². The van der Waals surface area contributed by atoms with Crippen LogP contribution < -0.4 is 0 Å². The molecule has 0 amide bonds. The molecule has 0 radical (unpaired) electrons. The van der Waals surface area contributed by atoms with Crippen LogP contribution in [0.25, 0.3) is 0 Å². The molecule has 1 aliphatic heterocycles. The Kier molecular flexibility index (Phi) is 5.56. The lowest BCUT2D eigenvalue weighted by Crippen LogP contribution is -2.71. The fourth-order valence-corrected chi connectivity index (χ4v) is 4.16. The standard InChI is InChI=1S/C17H27ClO5/c1-4-5-6-7-10-11(9-19)15-17(22,14(18)13(10)21)8-12(20)16(2,3)23-15/h9-12,14-15,20,22H,4-8H2,1-3H3. The van der Waals surface area contributed by atoms with Crippen LogP contribution in [0, 0.1) is 11.8 Å². The van der Waals surface area contributed by atoms with Gasteiger partial charge in [-0.1, -0.05) is 26.2 Å². The summed E-state index contributed by atoms with van der Waals surface area (Å²) >= 11 is 6.26. The Morgan fingerprint density at radius 2 is 2.04 bits per heavy atom. The number of Topliss-reactive ketones (excluding diaryl/α,β-unsaturated/α-hetero) is 1. The van der Waals surface area contributed by atoms with Gasteiger partial charge in [-0.05, 0) is 20.3 Å². The highest BCUT2D eigenvalue weighted by Crippen LogP contribution is 2.48. The topological polar surface area (TPSA) is 83.8 Å². The van der Waals surface area contributed by atoms with Crippen LogP contribution in [0.5, 0.6) is 0 Å². The van der Waals surface area contributed by atoms with Crippen molar-refractivity contribution >= 4 is 23.7 Å². The molecular weight excluding hydrogens is 320 g/mol. The van der Waals surface area contributed by atoms with Crippen molar-refractivity contribution in [1.82, 2.24) is 0 Å². The Labute approximate surface area is 142 Å². The van der Waals surface area contributed by atoms with E-state index in [-0.39, 0.29) is 12.2 Å². The van der Waals surface area contributed by atoms with Crippen molar-refractivity contribution in [3.63, 3.8) is 0 Å². The molecular formula is C17H27ClO5. The summed E-state index contributed by atoms with van der Waals surface area (Å²) in [5, 5.41) is 20.0. The van der Waals surface area contributed by atoms with Crippen molar-refractivity contribution in [3.05, 3.63) is 0 Å². The van der Waals surface area contributed by atoms with Gasteiger partial charge in [-0.2, -0.15) is 0 Å². The summed E-state index contributed by atoms with van der Waals surface area (Å²) < 4.78 is 5.88. The number of hydrogen-bond acceptors (Lipinski definition) is 5. The number of carbonyl (C=O) groups is 2. The minimum atomic E-state index is -1.71. The fraction of sp³-hybridized carbons (Fsp3) is 0.882. The number of fused-ring (bicyclic) bond motifs is 1. The van der Waals surface area contributed by atoms with E-state index in [1.165, 1.54) is 0 Å². The van der Waals surface area contributed by atoms with Crippen molar-refractivity contribution in [1.29, 1.82) is 0 Å². The molecule has 23 heavy (non-hydrogen) atoms. The number of rotatable bonds is 5. The highest BCUT2D eigenvalue weighted by atomic mass is 35.5. The molecule has 2 N–H and O–H groups in total. The van der Waals surface area contributed by atoms with Crippen LogP contribution in [0.1, 0.15) is 52.9 Å². The number of aldehydes is 1. The molecule has 132 valence electrons. The average Bonchev–Trinajstić information content (AvgIpc) is 2.49. The third-order valence-electron chi connectivity index (χ3n) is 5.39. The van der Waals surface area contributed by atoms with E-state index in [0.717, 1.165) is 19.3 Å². The highest BCUT2D eigenvalue weighted by molar-refractivity contribution is 6.33. The maximum absolute atomic E-state index is 12.6. The zero-order valence-electron chi connectivity index (χ0n) is 14.0. The van der Waals surface area contributed by atoms with Crippen molar-refractivity contribution in [3.8, 4) is 0 Å². The van der Waals surface area contributed by atoms with E-state index in [2.05, 4.69) is 6.92 Å². The molecule has 2 fully saturated rings. The number of hydrogen-bond donors (Lipinski definition) is 2. The van der Waals surface area contributed by atoms with Crippen LogP contribution in [0.15, 0.2) is 0 Å². The number of ketones is 1. The van der Waals surface area contributed by atoms with E-state index in [0.29, 0.717) is 12.7 Å². The first-order chi connectivity index (χ1) is 10.7. The van der Waals surface area contributed by atoms with Crippen LogP contribution in [0.4, 0.5) is 0 Å². The van der Waals surface area contributed by atoms with Gasteiger partial charge in [0, 0.05) is 12.3 Å². The van der Waals surface area contributed by atoms with Gasteiger partial charge in [0.05, 0.1) is 23.7 Å². The average molecular weight is 347 g/mol. The van der Waals surface area contributed by atoms with E-state index < -0.39 is 40.6 Å². The van der Waals surface area contributed by atoms with Crippen LogP contribution in [0.3, 0.4) is 0 Å². The fourth-order valence-electron chi connectivity index (χ4n) is 3.79. The molecule has 0 aromatic carbocycles. The predicted octanol–water partition coefficient (Wildman–Crippen LogP) is 1.85. The maximum atomic E-state index is 12.6. The Balaban J connectivity index is 2.32. The normalized spacial score (nSPS) is 43.0. The number of alkyl halides is 1. The quantitative estimate of drug-likeness (QED) is 0.451. The van der Waals surface area contributed by atoms with Gasteiger partial charge in [-0.3, -0.25) is 4.79 Å². The van der Waals surface area contributed by atoms with Crippen LogP contribution in [0.2, 0.25) is 0 Å². The molecule has 1 saturated heterocycles. The summed E-state index contributed by atoms with van der Waals surface area (Å²) in [6.07, 6.45) is 2.20. The third-order valence-corrected chi connectivity index (χ3v) is 5.98. The first-order valence-electron chi connectivity index (χ1n) is 8.40. The molecule has 0 aromatic heterocycles. The van der Waals surface area contributed by atoms with E-state index in [1.807, 2.05) is 0 Å². The lowest BCUT2D eigenvalue weighted by atomic mass is 9.63. The van der Waals surface area contributed by atoms with E-state index in [4.69, 9.17) is 16.3 Å². The second-order valence-electron chi connectivity index (χ2n) is 7.43. The molecule has 6 heteroatoms. The summed E-state index contributed by atoms with van der Waals surface area (Å²) in [5.74, 6) is -1.57. The predicted molar refractivity (Wildman–Crippen MR) is 86.4 cm³/mol. The van der Waals surface area contributed by atoms with Crippen LogP contribution in [-0.4, -0.2) is 51.1 Å². The number of aliphatic hydroxyl groups is 2. The molecule has 1 aliphatic carbocycles. The second kappa shape index (κ2) is 6.79. The lowest BCUT2D eigenvalue weighted by molar-refractivity contribution is -0.270. The first-order valence-corrected chi connectivity index (χ1v) is 8.84. The number of carbonyl (C=O) groups excluding carboxylic acids is 2. The largest absolute Gasteiger partial charge is 0.390 e. The molecule has 6 unspecified atom stereocenters. The van der Waals surface area contributed by atoms with Crippen molar-refractivity contribution < 1.29 is 24.5 Å². The maximum Gasteiger partial charge on any atom is 0.157 e. The van der Waals surface area contributed by atoms with Gasteiger partial charge in [0.2, 0.25) is 0 Å². The third kappa shape index (κ3) is 3.21. The molecule has 6 atom stereocenters. The number of aliphatic hydroxyl groups excluding tert-OH is 1. The Morgan fingerprint density at radius 1 is 1.39 bits per heavy atom. The van der Waals surface area contributed by atoms with Crippen LogP contribution >= 0.6 is 11.6 Å². The molecule has 0 bridgehead atoms. The van der Waals surface area contributed by atoms with Gasteiger partial charge in [0.25, 0.3) is 0 Å². The summed E-state index contributed by atoms with van der Waals surface area (Å²) in [4.78, 5) is 24.3. The zero-order valence-corrected chi connectivity index (χ0v) is 14.8. The SMILES string of the molecule is CCCCCC1C(=O)C(Cl)C2(O)CC(O)C(C)(C)OC2C1C=O. The molecule has 5 nitrogen and oxygen atoms in total. The number of halogens is 1. The van der Waals surface area contributed by atoms with Gasteiger partial charge in [0.15, 0.2) is 5.78 Å². The van der Waals surface area contributed by atoms with Gasteiger partial charge < -0.3 is 19.7 Å². The number of unbranched alkanes of at least 4 members (excludes halogenated alkanes) is 2. The van der Waals surface area contributed by atoms with Gasteiger partial charge in [0.1, 0.15) is 17.3 Å². The van der Waals surface area contributed by atoms with Crippen molar-refractivity contribution in [2.75, 3.05) is 0 Å². The Hall–Kier alpha value is -0.490. The summed E-state index contributed by atoms with van der Waals surface area (Å²) in [6.45, 7) is 5.49. The molecule has 0 aromatic rings. The van der Waals surface area contributed by atoms with E-state index in [9.17, 15) is 19.8 Å². The molecule has 2 rings (SSSR count). The summed E-state index contributed by atoms with van der Waals surface area (Å²) in [7, 11) is 0. The molecule has 1 heterocycles. The van der Waals surface area contributed by atoms with Gasteiger partial charge in [-0.15, -0.1) is 11.6 Å². The smallest absolute Gasteiger partial charge is 0.157 e. The molecule has 0 spiro atoms. The Bertz CT molecular complexity index is 466. The molecule has 2 aliphatic rings. The summed E-state index contributed by atoms with van der Waals surface area (Å²) in [6, 6.07) is 0. The minimum Gasteiger partial charge on any atom is -0.390 e. The summed E-state index contributed by atoms with van der Waals surface area (Å²) in [5.41, 5.74) is -2.61. The zero-order chi connectivity index (χ0) is 17.4. The van der Waals surface area contributed by atoms with Gasteiger partial charge in [-0.25, -0.2) is 0 Å². The number of ether oxygens (including phenoxy) is 1. The second-order valence-corrected chi connectivity index (χ2v) is 7.87. The first kappa shape index (κ1) is 18.8. The highest BCUT2D eigenvalue weighted by Gasteiger charge is 2.63. The van der Waals surface area contributed by atoms with Crippen LogP contribution in [-0.2, 0) is 14.3 Å². The van der Waals surface area contributed by atoms with Gasteiger partial charge >= 0.3 is 0 Å². The Morgan fingerprint density at radius 3 is 2.61 bits per heavy atom. The monoisotopic (exact) mass is 346 g/mol. The van der Waals surface area contributed by atoms with Crippen molar-refractivity contribution in [2.24, 2.45) is 11.8 Å². The lowest BCUT2D eigenvalue weighted by Gasteiger charge is -2.55. The minimum absolute atomic E-state index is 0.0728. The van der Waals surface area contributed by atoms with E-state index >= 15 is 0 Å². The van der Waals surface area contributed by atoms with Crippen molar-refractivity contribution in [2.45, 2.75) is 81.7 Å². The molecule has 1 saturated carbocycles.